The van der Waals surface area contributed by atoms with Crippen molar-refractivity contribution < 1.29 is 16.8 Å². The third kappa shape index (κ3) is 3.27. The molecule has 2 aromatic carbocycles. The van der Waals surface area contributed by atoms with Crippen molar-refractivity contribution in [1.82, 2.24) is 4.31 Å². The number of rotatable bonds is 4. The van der Waals surface area contributed by atoms with Crippen LogP contribution < -0.4 is 4.31 Å². The van der Waals surface area contributed by atoms with E-state index in [1.807, 2.05) is 18.2 Å². The van der Waals surface area contributed by atoms with Gasteiger partial charge in [0.25, 0.3) is 10.0 Å². The molecule has 1 spiro atoms. The van der Waals surface area contributed by atoms with Crippen LogP contribution in [0.3, 0.4) is 0 Å². The first kappa shape index (κ1) is 20.4. The molecule has 2 aromatic rings. The summed E-state index contributed by atoms with van der Waals surface area (Å²) in [5.41, 5.74) is 1.75. The minimum atomic E-state index is -3.79. The smallest absolute Gasteiger partial charge is 0.264 e. The molecule has 0 radical (unpaired) electrons. The molecule has 8 heteroatoms. The number of benzene rings is 2. The van der Waals surface area contributed by atoms with Crippen LogP contribution in [0.25, 0.3) is 0 Å². The first-order valence-corrected chi connectivity index (χ1v) is 12.7. The highest BCUT2D eigenvalue weighted by Gasteiger charge is 2.46. The molecule has 1 aliphatic carbocycles. The largest absolute Gasteiger partial charge is 0.265 e. The fourth-order valence-corrected chi connectivity index (χ4v) is 7.05. The minimum Gasteiger partial charge on any atom is -0.265 e. The number of nitrogens with zero attached hydrogens (tertiary/aromatic N) is 2. The summed E-state index contributed by atoms with van der Waals surface area (Å²) in [5.74, 6) is 0. The Morgan fingerprint density at radius 2 is 1.41 bits per heavy atom. The molecule has 0 bridgehead atoms. The average molecular weight is 435 g/mol. The van der Waals surface area contributed by atoms with Gasteiger partial charge in [-0.15, -0.1) is 0 Å². The molecule has 6 nitrogen and oxygen atoms in total. The minimum absolute atomic E-state index is 0.0759. The van der Waals surface area contributed by atoms with Gasteiger partial charge in [0.2, 0.25) is 10.0 Å². The molecule has 1 aliphatic heterocycles. The van der Waals surface area contributed by atoms with E-state index < -0.39 is 20.0 Å². The van der Waals surface area contributed by atoms with Crippen LogP contribution in [0.2, 0.25) is 0 Å². The van der Waals surface area contributed by atoms with Crippen LogP contribution in [0.1, 0.15) is 37.7 Å². The molecule has 1 heterocycles. The van der Waals surface area contributed by atoms with Gasteiger partial charge in [0.1, 0.15) is 0 Å². The molecule has 0 N–H and O–H groups in total. The first-order chi connectivity index (χ1) is 13.7. The second-order valence-corrected chi connectivity index (χ2v) is 12.1. The molecular weight excluding hydrogens is 408 g/mol. The van der Waals surface area contributed by atoms with Crippen molar-refractivity contribution in [3.05, 3.63) is 54.1 Å². The summed E-state index contributed by atoms with van der Waals surface area (Å²) in [6.07, 6.45) is 5.41. The highest BCUT2D eigenvalue weighted by molar-refractivity contribution is 7.93. The molecular formula is C21H26N2O4S2. The maximum Gasteiger partial charge on any atom is 0.264 e. The van der Waals surface area contributed by atoms with Gasteiger partial charge in [-0.2, -0.15) is 0 Å². The summed E-state index contributed by atoms with van der Waals surface area (Å²) in [5, 5.41) is 0. The van der Waals surface area contributed by atoms with Gasteiger partial charge in [-0.3, -0.25) is 4.31 Å². The molecule has 1 fully saturated rings. The summed E-state index contributed by atoms with van der Waals surface area (Å²) < 4.78 is 54.2. The Hall–Kier alpha value is -1.90. The number of hydrogen-bond acceptors (Lipinski definition) is 4. The molecule has 156 valence electrons. The number of para-hydroxylation sites is 1. The van der Waals surface area contributed by atoms with Crippen LogP contribution in [0.15, 0.2) is 58.3 Å². The summed E-state index contributed by atoms with van der Waals surface area (Å²) in [6.45, 7) is 0.451. The monoisotopic (exact) mass is 434 g/mol. The van der Waals surface area contributed by atoms with Crippen LogP contribution >= 0.6 is 0 Å². The molecule has 29 heavy (non-hydrogen) atoms. The van der Waals surface area contributed by atoms with Gasteiger partial charge in [0.15, 0.2) is 0 Å². The fourth-order valence-electron chi connectivity index (χ4n) is 4.58. The SMILES string of the molecule is CN(C)S(=O)(=O)c1ccc(S(=O)(=O)N2CC3(CCCCC3)c3ccccc32)cc1. The predicted molar refractivity (Wildman–Crippen MR) is 113 cm³/mol. The zero-order valence-electron chi connectivity index (χ0n) is 16.7. The highest BCUT2D eigenvalue weighted by atomic mass is 32.2. The van der Waals surface area contributed by atoms with E-state index in [0.717, 1.165) is 41.2 Å². The maximum absolute atomic E-state index is 13.5. The van der Waals surface area contributed by atoms with Gasteiger partial charge >= 0.3 is 0 Å². The summed E-state index contributed by atoms with van der Waals surface area (Å²) >= 11 is 0. The standard InChI is InChI=1S/C21H26N2O4S2/c1-22(2)28(24,25)17-10-12-18(13-11-17)29(26,27)23-16-21(14-6-3-7-15-21)19-8-4-5-9-20(19)23/h4-5,8-13H,3,6-7,14-16H2,1-2H3. The van der Waals surface area contributed by atoms with Crippen molar-refractivity contribution in [2.75, 3.05) is 24.9 Å². The topological polar surface area (TPSA) is 74.8 Å². The molecule has 1 saturated carbocycles. The first-order valence-electron chi connectivity index (χ1n) is 9.83. The van der Waals surface area contributed by atoms with Gasteiger partial charge in [-0.05, 0) is 48.7 Å². The quantitative estimate of drug-likeness (QED) is 0.740. The van der Waals surface area contributed by atoms with E-state index in [2.05, 4.69) is 6.07 Å². The van der Waals surface area contributed by atoms with E-state index in [1.165, 1.54) is 49.1 Å². The van der Waals surface area contributed by atoms with E-state index in [4.69, 9.17) is 0 Å². The molecule has 0 unspecified atom stereocenters. The lowest BCUT2D eigenvalue weighted by Crippen LogP contribution is -2.38. The zero-order chi connectivity index (χ0) is 20.9. The highest BCUT2D eigenvalue weighted by Crippen LogP contribution is 2.50. The zero-order valence-corrected chi connectivity index (χ0v) is 18.3. The average Bonchev–Trinajstić information content (AvgIpc) is 3.03. The van der Waals surface area contributed by atoms with E-state index in [9.17, 15) is 16.8 Å². The van der Waals surface area contributed by atoms with Gasteiger partial charge < -0.3 is 0 Å². The predicted octanol–water partition coefficient (Wildman–Crippen LogP) is 3.35. The summed E-state index contributed by atoms with van der Waals surface area (Å²) in [7, 11) is -4.49. The van der Waals surface area contributed by atoms with Crippen LogP contribution in [-0.2, 0) is 25.5 Å². The van der Waals surface area contributed by atoms with Gasteiger partial charge in [-0.1, -0.05) is 37.5 Å². The second kappa shape index (κ2) is 7.11. The Balaban J connectivity index is 1.73. The second-order valence-electron chi connectivity index (χ2n) is 8.13. The van der Waals surface area contributed by atoms with Gasteiger partial charge in [0, 0.05) is 26.1 Å². The maximum atomic E-state index is 13.5. The Labute approximate surface area is 173 Å². The Morgan fingerprint density at radius 1 is 0.828 bits per heavy atom. The van der Waals surface area contributed by atoms with Crippen molar-refractivity contribution in [2.45, 2.75) is 47.3 Å². The Kier molecular flexibility index (Phi) is 4.99. The van der Waals surface area contributed by atoms with E-state index in [1.54, 1.807) is 0 Å². The lowest BCUT2D eigenvalue weighted by atomic mass is 9.71. The fraction of sp³-hybridized carbons (Fsp3) is 0.429. The molecule has 0 aromatic heterocycles. The lowest BCUT2D eigenvalue weighted by molar-refractivity contribution is 0.315. The molecule has 0 saturated heterocycles. The van der Waals surface area contributed by atoms with Crippen LogP contribution in [0.5, 0.6) is 0 Å². The third-order valence-electron chi connectivity index (χ3n) is 6.19. The normalized spacial score (nSPS) is 18.9. The Bertz CT molecular complexity index is 1120. The summed E-state index contributed by atoms with van der Waals surface area (Å²) in [6, 6.07) is 13.3. The lowest BCUT2D eigenvalue weighted by Gasteiger charge is -2.34. The third-order valence-corrected chi connectivity index (χ3v) is 9.79. The van der Waals surface area contributed by atoms with Crippen molar-refractivity contribution in [1.29, 1.82) is 0 Å². The number of hydrogen-bond donors (Lipinski definition) is 0. The molecule has 4 rings (SSSR count). The summed E-state index contributed by atoms with van der Waals surface area (Å²) in [4.78, 5) is 0.185. The van der Waals surface area contributed by atoms with Crippen molar-refractivity contribution in [3.63, 3.8) is 0 Å². The van der Waals surface area contributed by atoms with Crippen molar-refractivity contribution >= 4 is 25.7 Å². The number of sulfonamides is 2. The van der Waals surface area contributed by atoms with Crippen LogP contribution in [0.4, 0.5) is 5.69 Å². The van der Waals surface area contributed by atoms with E-state index >= 15 is 0 Å². The van der Waals surface area contributed by atoms with Crippen LogP contribution in [-0.4, -0.2) is 41.8 Å². The van der Waals surface area contributed by atoms with Crippen molar-refractivity contribution in [2.24, 2.45) is 0 Å². The number of anilines is 1. The van der Waals surface area contributed by atoms with Crippen molar-refractivity contribution in [3.8, 4) is 0 Å². The molecule has 2 aliphatic rings. The van der Waals surface area contributed by atoms with Crippen LogP contribution in [0, 0.1) is 0 Å². The van der Waals surface area contributed by atoms with E-state index in [0.29, 0.717) is 6.54 Å². The Morgan fingerprint density at radius 3 is 2.03 bits per heavy atom. The number of fused-ring (bicyclic) bond motifs is 2. The molecule has 0 atom stereocenters. The molecule has 0 amide bonds. The van der Waals surface area contributed by atoms with Gasteiger partial charge in [-0.25, -0.2) is 21.1 Å². The van der Waals surface area contributed by atoms with E-state index in [-0.39, 0.29) is 15.2 Å². The van der Waals surface area contributed by atoms with Gasteiger partial charge in [0.05, 0.1) is 15.5 Å².